The molecule has 0 bridgehead atoms. The molecule has 1 N–H and O–H groups in total. The Balaban J connectivity index is 2.04. The molecule has 1 aromatic heterocycles. The van der Waals surface area contributed by atoms with Gasteiger partial charge in [0.2, 0.25) is 0 Å². The largest absolute Gasteiger partial charge is 0.507 e. The Morgan fingerprint density at radius 2 is 1.95 bits per heavy atom. The third-order valence-electron chi connectivity index (χ3n) is 2.77. The number of hydrogen-bond donors (Lipinski definition) is 1. The molecule has 0 amide bonds. The summed E-state index contributed by atoms with van der Waals surface area (Å²) in [5, 5.41) is 18.2. The van der Waals surface area contributed by atoms with Crippen LogP contribution in [0.5, 0.6) is 5.75 Å². The molecule has 5 nitrogen and oxygen atoms in total. The zero-order chi connectivity index (χ0) is 13.2. The quantitative estimate of drug-likeness (QED) is 0.712. The second-order valence-electron chi connectivity index (χ2n) is 4.15. The highest BCUT2D eigenvalue weighted by atomic mass is 16.3. The SMILES string of the molecule is Cn1nc2cccc(N=Cc3ccccc3O)c2n1. The van der Waals surface area contributed by atoms with E-state index in [0.29, 0.717) is 5.56 Å². The number of aromatic nitrogens is 3. The third-order valence-corrected chi connectivity index (χ3v) is 2.77. The second-order valence-corrected chi connectivity index (χ2v) is 4.15. The molecule has 94 valence electrons. The summed E-state index contributed by atoms with van der Waals surface area (Å²) in [7, 11) is 1.77. The second kappa shape index (κ2) is 4.53. The molecule has 1 heterocycles. The third kappa shape index (κ3) is 2.18. The Kier molecular flexibility index (Phi) is 2.72. The van der Waals surface area contributed by atoms with Crippen molar-refractivity contribution in [2.45, 2.75) is 0 Å². The van der Waals surface area contributed by atoms with Crippen molar-refractivity contribution in [1.82, 2.24) is 15.0 Å². The molecule has 0 saturated heterocycles. The molecular formula is C14H12N4O. The van der Waals surface area contributed by atoms with Crippen LogP contribution in [0.25, 0.3) is 11.0 Å². The molecule has 19 heavy (non-hydrogen) atoms. The van der Waals surface area contributed by atoms with Crippen molar-refractivity contribution < 1.29 is 5.11 Å². The van der Waals surface area contributed by atoms with Gasteiger partial charge in [0.25, 0.3) is 0 Å². The molecule has 3 aromatic rings. The zero-order valence-corrected chi connectivity index (χ0v) is 10.4. The molecule has 0 fully saturated rings. The maximum absolute atomic E-state index is 9.68. The molecule has 2 aromatic carbocycles. The molecule has 0 unspecified atom stereocenters. The smallest absolute Gasteiger partial charge is 0.138 e. The first-order chi connectivity index (χ1) is 9.24. The van der Waals surface area contributed by atoms with E-state index in [9.17, 15) is 5.11 Å². The molecule has 0 radical (unpaired) electrons. The Morgan fingerprint density at radius 1 is 1.11 bits per heavy atom. The van der Waals surface area contributed by atoms with Gasteiger partial charge < -0.3 is 5.11 Å². The van der Waals surface area contributed by atoms with Gasteiger partial charge in [-0.3, -0.25) is 4.99 Å². The molecule has 0 saturated carbocycles. The maximum atomic E-state index is 9.68. The van der Waals surface area contributed by atoms with Crippen LogP contribution in [0.3, 0.4) is 0 Å². The lowest BCUT2D eigenvalue weighted by Crippen LogP contribution is -1.90. The van der Waals surface area contributed by atoms with E-state index in [1.165, 1.54) is 4.80 Å². The van der Waals surface area contributed by atoms with Gasteiger partial charge in [-0.25, -0.2) is 0 Å². The zero-order valence-electron chi connectivity index (χ0n) is 10.4. The van der Waals surface area contributed by atoms with Crippen LogP contribution in [-0.2, 0) is 7.05 Å². The van der Waals surface area contributed by atoms with E-state index in [0.717, 1.165) is 16.7 Å². The van der Waals surface area contributed by atoms with Gasteiger partial charge in [0.1, 0.15) is 16.8 Å². The summed E-state index contributed by atoms with van der Waals surface area (Å²) in [6.45, 7) is 0. The molecule has 0 aliphatic rings. The molecule has 0 aliphatic heterocycles. The number of aromatic hydroxyl groups is 1. The maximum Gasteiger partial charge on any atom is 0.138 e. The minimum Gasteiger partial charge on any atom is -0.507 e. The summed E-state index contributed by atoms with van der Waals surface area (Å²) < 4.78 is 0. The van der Waals surface area contributed by atoms with Gasteiger partial charge in [0.05, 0.1) is 5.69 Å². The predicted octanol–water partition coefficient (Wildman–Crippen LogP) is 2.42. The van der Waals surface area contributed by atoms with Gasteiger partial charge in [-0.15, -0.1) is 0 Å². The number of benzene rings is 2. The molecular weight excluding hydrogens is 240 g/mol. The van der Waals surface area contributed by atoms with Gasteiger partial charge >= 0.3 is 0 Å². The van der Waals surface area contributed by atoms with Crippen molar-refractivity contribution in [3.8, 4) is 5.75 Å². The number of aryl methyl sites for hydroxylation is 1. The lowest BCUT2D eigenvalue weighted by Gasteiger charge is -1.97. The van der Waals surface area contributed by atoms with Gasteiger partial charge in [-0.05, 0) is 24.3 Å². The molecule has 3 rings (SSSR count). The van der Waals surface area contributed by atoms with E-state index in [-0.39, 0.29) is 5.75 Å². The van der Waals surface area contributed by atoms with Gasteiger partial charge in [0, 0.05) is 18.8 Å². The summed E-state index contributed by atoms with van der Waals surface area (Å²) in [5.74, 6) is 0.206. The molecule has 0 aliphatic carbocycles. The van der Waals surface area contributed by atoms with Crippen LogP contribution in [0, 0.1) is 0 Å². The van der Waals surface area contributed by atoms with E-state index in [1.807, 2.05) is 24.3 Å². The lowest BCUT2D eigenvalue weighted by molar-refractivity contribution is 0.474. The van der Waals surface area contributed by atoms with Crippen molar-refractivity contribution >= 4 is 22.9 Å². The Morgan fingerprint density at radius 3 is 2.79 bits per heavy atom. The van der Waals surface area contributed by atoms with Crippen LogP contribution in [0.1, 0.15) is 5.56 Å². The van der Waals surface area contributed by atoms with E-state index in [2.05, 4.69) is 15.2 Å². The van der Waals surface area contributed by atoms with Crippen LogP contribution in [0.4, 0.5) is 5.69 Å². The Bertz CT molecular complexity index is 761. The summed E-state index contributed by atoms with van der Waals surface area (Å²) in [5.41, 5.74) is 2.95. The summed E-state index contributed by atoms with van der Waals surface area (Å²) in [6, 6.07) is 12.7. The number of rotatable bonds is 2. The first kappa shape index (κ1) is 11.4. The lowest BCUT2D eigenvalue weighted by atomic mass is 10.2. The highest BCUT2D eigenvalue weighted by Crippen LogP contribution is 2.23. The van der Waals surface area contributed by atoms with E-state index < -0.39 is 0 Å². The topological polar surface area (TPSA) is 63.3 Å². The Hall–Kier alpha value is -2.69. The number of aliphatic imine (C=N–C) groups is 1. The average molecular weight is 252 g/mol. The van der Waals surface area contributed by atoms with Gasteiger partial charge in [0.15, 0.2) is 0 Å². The van der Waals surface area contributed by atoms with Crippen molar-refractivity contribution in [3.05, 3.63) is 48.0 Å². The summed E-state index contributed by atoms with van der Waals surface area (Å²) in [4.78, 5) is 5.90. The fourth-order valence-electron chi connectivity index (χ4n) is 1.87. The Labute approximate surface area is 109 Å². The molecule has 0 spiro atoms. The van der Waals surface area contributed by atoms with Crippen LogP contribution in [0.15, 0.2) is 47.5 Å². The van der Waals surface area contributed by atoms with E-state index in [1.54, 1.807) is 31.5 Å². The van der Waals surface area contributed by atoms with Crippen LogP contribution in [-0.4, -0.2) is 26.3 Å². The fourth-order valence-corrected chi connectivity index (χ4v) is 1.87. The van der Waals surface area contributed by atoms with Gasteiger partial charge in [-0.2, -0.15) is 15.0 Å². The van der Waals surface area contributed by atoms with Crippen molar-refractivity contribution in [2.24, 2.45) is 12.0 Å². The number of phenolic OH excluding ortho intramolecular Hbond substituents is 1. The van der Waals surface area contributed by atoms with E-state index >= 15 is 0 Å². The summed E-state index contributed by atoms with van der Waals surface area (Å²) >= 11 is 0. The van der Waals surface area contributed by atoms with Crippen molar-refractivity contribution in [1.29, 1.82) is 0 Å². The average Bonchev–Trinajstić information content (AvgIpc) is 2.78. The number of para-hydroxylation sites is 1. The number of hydrogen-bond acceptors (Lipinski definition) is 4. The van der Waals surface area contributed by atoms with Crippen LogP contribution >= 0.6 is 0 Å². The first-order valence-corrected chi connectivity index (χ1v) is 5.86. The normalized spacial score (nSPS) is 11.4. The van der Waals surface area contributed by atoms with Crippen LogP contribution in [0.2, 0.25) is 0 Å². The monoisotopic (exact) mass is 252 g/mol. The highest BCUT2D eigenvalue weighted by molar-refractivity contribution is 5.91. The fraction of sp³-hybridized carbons (Fsp3) is 0.0714. The predicted molar refractivity (Wildman–Crippen MR) is 73.9 cm³/mol. The minimum absolute atomic E-state index is 0.206. The molecule has 5 heteroatoms. The van der Waals surface area contributed by atoms with E-state index in [4.69, 9.17) is 0 Å². The highest BCUT2D eigenvalue weighted by Gasteiger charge is 2.04. The number of fused-ring (bicyclic) bond motifs is 1. The number of nitrogens with zero attached hydrogens (tertiary/aromatic N) is 4. The number of phenols is 1. The van der Waals surface area contributed by atoms with Crippen LogP contribution < -0.4 is 0 Å². The molecule has 0 atom stereocenters. The minimum atomic E-state index is 0.206. The summed E-state index contributed by atoms with van der Waals surface area (Å²) in [6.07, 6.45) is 1.62. The van der Waals surface area contributed by atoms with Crippen molar-refractivity contribution in [3.63, 3.8) is 0 Å². The van der Waals surface area contributed by atoms with Crippen molar-refractivity contribution in [2.75, 3.05) is 0 Å². The standard InChI is InChI=1S/C14H12N4O/c1-18-16-12-7-4-6-11(14(12)17-18)15-9-10-5-2-3-8-13(10)19/h2-9,19H,1H3. The first-order valence-electron chi connectivity index (χ1n) is 5.86. The van der Waals surface area contributed by atoms with Gasteiger partial charge in [-0.1, -0.05) is 18.2 Å².